The number of benzene rings is 3. The van der Waals surface area contributed by atoms with E-state index < -0.39 is 5.82 Å². The van der Waals surface area contributed by atoms with Gasteiger partial charge in [-0.15, -0.1) is 0 Å². The largest absolute Gasteiger partial charge is 0.302 e. The van der Waals surface area contributed by atoms with E-state index >= 15 is 0 Å². The predicted molar refractivity (Wildman–Crippen MR) is 115 cm³/mol. The highest BCUT2D eigenvalue weighted by Gasteiger charge is 2.25. The molecule has 1 aliphatic rings. The number of hydrogen-bond acceptors (Lipinski definition) is 3. The molecule has 4 rings (SSSR count). The second kappa shape index (κ2) is 8.48. The molecule has 4 nitrogen and oxygen atoms in total. The Labute approximate surface area is 175 Å². The summed E-state index contributed by atoms with van der Waals surface area (Å²) in [7, 11) is 0. The maximum atomic E-state index is 14.3. The van der Waals surface area contributed by atoms with E-state index in [-0.39, 0.29) is 24.1 Å². The van der Waals surface area contributed by atoms with Gasteiger partial charge in [-0.05, 0) is 55.2 Å². The molecule has 5 heteroatoms. The van der Waals surface area contributed by atoms with Crippen molar-refractivity contribution in [1.29, 1.82) is 5.26 Å². The molecule has 0 radical (unpaired) electrons. The first-order valence-corrected chi connectivity index (χ1v) is 10.00. The number of fused-ring (bicyclic) bond motifs is 2. The SMILES string of the molecule is CC(NCC(=O)N1c2ccccc2CCc2ccccc21)c1ccc(C#N)cc1F. The summed E-state index contributed by atoms with van der Waals surface area (Å²) in [6.45, 7) is 1.87. The molecule has 1 aliphatic heterocycles. The van der Waals surface area contributed by atoms with Gasteiger partial charge in [0.1, 0.15) is 5.82 Å². The highest BCUT2D eigenvalue weighted by atomic mass is 19.1. The summed E-state index contributed by atoms with van der Waals surface area (Å²) < 4.78 is 14.3. The van der Waals surface area contributed by atoms with E-state index in [1.54, 1.807) is 17.0 Å². The van der Waals surface area contributed by atoms with Gasteiger partial charge in [-0.1, -0.05) is 42.5 Å². The van der Waals surface area contributed by atoms with E-state index in [0.29, 0.717) is 5.56 Å². The van der Waals surface area contributed by atoms with Crippen molar-refractivity contribution in [2.45, 2.75) is 25.8 Å². The van der Waals surface area contributed by atoms with Crippen molar-refractivity contribution < 1.29 is 9.18 Å². The number of nitrogens with one attached hydrogen (secondary N) is 1. The molecule has 3 aromatic carbocycles. The van der Waals surface area contributed by atoms with Crippen molar-refractivity contribution >= 4 is 17.3 Å². The van der Waals surface area contributed by atoms with Gasteiger partial charge in [0.05, 0.1) is 29.6 Å². The molecule has 0 bridgehead atoms. The van der Waals surface area contributed by atoms with Crippen LogP contribution in [0.5, 0.6) is 0 Å². The van der Waals surface area contributed by atoms with Gasteiger partial charge in [-0.3, -0.25) is 9.69 Å². The number of amides is 1. The fourth-order valence-corrected chi connectivity index (χ4v) is 3.93. The molecule has 0 aromatic heterocycles. The highest BCUT2D eigenvalue weighted by Crippen LogP contribution is 2.36. The number of rotatable bonds is 4. The topological polar surface area (TPSA) is 56.1 Å². The number of carbonyl (C=O) groups excluding carboxylic acids is 1. The Morgan fingerprint density at radius 2 is 1.67 bits per heavy atom. The van der Waals surface area contributed by atoms with Crippen LogP contribution in [0, 0.1) is 17.1 Å². The smallest absolute Gasteiger partial charge is 0.245 e. The van der Waals surface area contributed by atoms with E-state index in [1.165, 1.54) is 6.07 Å². The normalized spacial score (nSPS) is 13.6. The van der Waals surface area contributed by atoms with Crippen molar-refractivity contribution in [2.24, 2.45) is 0 Å². The zero-order valence-corrected chi connectivity index (χ0v) is 16.7. The number of halogens is 1. The van der Waals surface area contributed by atoms with Gasteiger partial charge in [-0.2, -0.15) is 5.26 Å². The van der Waals surface area contributed by atoms with Crippen LogP contribution in [0.15, 0.2) is 66.7 Å². The second-order valence-electron chi connectivity index (χ2n) is 7.44. The fraction of sp³-hybridized carbons (Fsp3) is 0.200. The first-order valence-electron chi connectivity index (χ1n) is 10.00. The van der Waals surface area contributed by atoms with Crippen LogP contribution in [0.3, 0.4) is 0 Å². The van der Waals surface area contributed by atoms with Gasteiger partial charge in [0.25, 0.3) is 0 Å². The lowest BCUT2D eigenvalue weighted by atomic mass is 10.0. The van der Waals surface area contributed by atoms with Crippen LogP contribution in [0.25, 0.3) is 0 Å². The van der Waals surface area contributed by atoms with Crippen molar-refractivity contribution in [3.63, 3.8) is 0 Å². The van der Waals surface area contributed by atoms with Gasteiger partial charge in [-0.25, -0.2) is 4.39 Å². The molecule has 0 saturated carbocycles. The predicted octanol–water partition coefficient (Wildman–Crippen LogP) is 4.81. The third-order valence-corrected chi connectivity index (χ3v) is 5.53. The Kier molecular flexibility index (Phi) is 5.60. The zero-order chi connectivity index (χ0) is 21.1. The maximum Gasteiger partial charge on any atom is 0.245 e. The molecule has 1 amide bonds. The average Bonchev–Trinajstić information content (AvgIpc) is 2.94. The lowest BCUT2D eigenvalue weighted by Crippen LogP contribution is -2.36. The van der Waals surface area contributed by atoms with Crippen LogP contribution in [-0.2, 0) is 17.6 Å². The van der Waals surface area contributed by atoms with Gasteiger partial charge in [0.2, 0.25) is 5.91 Å². The van der Waals surface area contributed by atoms with Crippen molar-refractivity contribution in [2.75, 3.05) is 11.4 Å². The Morgan fingerprint density at radius 1 is 1.07 bits per heavy atom. The molecule has 1 N–H and O–H groups in total. The molecule has 3 aromatic rings. The number of para-hydroxylation sites is 2. The molecule has 1 atom stereocenters. The van der Waals surface area contributed by atoms with E-state index in [2.05, 4.69) is 17.4 Å². The summed E-state index contributed by atoms with van der Waals surface area (Å²) in [6, 6.07) is 21.9. The van der Waals surface area contributed by atoms with Crippen molar-refractivity contribution in [1.82, 2.24) is 5.32 Å². The average molecular weight is 399 g/mol. The van der Waals surface area contributed by atoms with Gasteiger partial charge < -0.3 is 5.32 Å². The Morgan fingerprint density at radius 3 is 2.23 bits per heavy atom. The minimum atomic E-state index is -0.452. The Hall–Kier alpha value is -3.49. The molecule has 0 saturated heterocycles. The third-order valence-electron chi connectivity index (χ3n) is 5.53. The van der Waals surface area contributed by atoms with Crippen LogP contribution >= 0.6 is 0 Å². The summed E-state index contributed by atoms with van der Waals surface area (Å²) >= 11 is 0. The fourth-order valence-electron chi connectivity index (χ4n) is 3.93. The minimum absolute atomic E-state index is 0.0588. The molecule has 0 fully saturated rings. The third kappa shape index (κ3) is 3.83. The minimum Gasteiger partial charge on any atom is -0.302 e. The molecule has 1 unspecified atom stereocenters. The van der Waals surface area contributed by atoms with Gasteiger partial charge >= 0.3 is 0 Å². The first-order chi connectivity index (χ1) is 14.6. The Balaban J connectivity index is 1.58. The van der Waals surface area contributed by atoms with Crippen LogP contribution in [0.2, 0.25) is 0 Å². The molecular formula is C25H22FN3O. The zero-order valence-electron chi connectivity index (χ0n) is 16.7. The quantitative estimate of drug-likeness (QED) is 0.685. The number of aryl methyl sites for hydroxylation is 2. The van der Waals surface area contributed by atoms with Gasteiger partial charge in [0.15, 0.2) is 0 Å². The molecule has 150 valence electrons. The summed E-state index contributed by atoms with van der Waals surface area (Å²) in [5.74, 6) is -0.551. The summed E-state index contributed by atoms with van der Waals surface area (Å²) in [6.07, 6.45) is 1.74. The Bertz CT molecular complexity index is 1090. The standard InChI is InChI=1S/C25H22FN3O/c1-17(21-13-10-18(15-27)14-22(21)26)28-16-25(30)29-23-8-4-2-6-19(23)11-12-20-7-3-5-9-24(20)29/h2-10,13-14,17,28H,11-12,16H2,1H3. The number of anilines is 2. The van der Waals surface area contributed by atoms with Gasteiger partial charge in [0, 0.05) is 11.6 Å². The number of hydrogen-bond donors (Lipinski definition) is 1. The van der Waals surface area contributed by atoms with Crippen LogP contribution in [0.1, 0.15) is 35.2 Å². The maximum absolute atomic E-state index is 14.3. The first kappa shape index (κ1) is 19.8. The molecule has 30 heavy (non-hydrogen) atoms. The molecule has 0 aliphatic carbocycles. The number of nitriles is 1. The molecule has 1 heterocycles. The lowest BCUT2D eigenvalue weighted by molar-refractivity contribution is -0.117. The van der Waals surface area contributed by atoms with Crippen molar-refractivity contribution in [3.05, 3.63) is 94.8 Å². The van der Waals surface area contributed by atoms with E-state index in [9.17, 15) is 9.18 Å². The summed E-state index contributed by atoms with van der Waals surface area (Å²) in [5, 5.41) is 12.1. The highest BCUT2D eigenvalue weighted by molar-refractivity contribution is 6.03. The van der Waals surface area contributed by atoms with Crippen LogP contribution in [0.4, 0.5) is 15.8 Å². The van der Waals surface area contributed by atoms with E-state index in [4.69, 9.17) is 5.26 Å². The van der Waals surface area contributed by atoms with Crippen LogP contribution < -0.4 is 10.2 Å². The van der Waals surface area contributed by atoms with Crippen LogP contribution in [-0.4, -0.2) is 12.5 Å². The molecular weight excluding hydrogens is 377 g/mol. The monoisotopic (exact) mass is 399 g/mol. The van der Waals surface area contributed by atoms with Crippen molar-refractivity contribution in [3.8, 4) is 6.07 Å². The summed E-state index contributed by atoms with van der Waals surface area (Å²) in [5.41, 5.74) is 4.76. The number of carbonyl (C=O) groups is 1. The number of nitrogens with zero attached hydrogens (tertiary/aromatic N) is 2. The summed E-state index contributed by atoms with van der Waals surface area (Å²) in [4.78, 5) is 15.1. The van der Waals surface area contributed by atoms with E-state index in [1.807, 2.05) is 49.4 Å². The lowest BCUT2D eigenvalue weighted by Gasteiger charge is -2.26. The second-order valence-corrected chi connectivity index (χ2v) is 7.44. The molecule has 0 spiro atoms. The van der Waals surface area contributed by atoms with E-state index in [0.717, 1.165) is 35.3 Å².